The Morgan fingerprint density at radius 2 is 1.81 bits per heavy atom. The first-order valence-corrected chi connectivity index (χ1v) is 10.6. The van der Waals surface area contributed by atoms with E-state index in [9.17, 15) is 27.5 Å². The minimum Gasteiger partial charge on any atom is -0.481 e. The summed E-state index contributed by atoms with van der Waals surface area (Å²) in [7, 11) is 0. The van der Waals surface area contributed by atoms with Crippen molar-refractivity contribution in [1.29, 1.82) is 0 Å². The van der Waals surface area contributed by atoms with Gasteiger partial charge in [0.25, 0.3) is 0 Å². The van der Waals surface area contributed by atoms with Crippen molar-refractivity contribution in [2.75, 3.05) is 5.32 Å². The number of nitrogens with zero attached hydrogens (tertiary/aromatic N) is 2. The van der Waals surface area contributed by atoms with Crippen LogP contribution in [-0.2, 0) is 17.5 Å². The first kappa shape index (κ1) is 21.5. The number of anilines is 1. The predicted octanol–water partition coefficient (Wildman–Crippen LogP) is 5.82. The van der Waals surface area contributed by atoms with Crippen molar-refractivity contribution in [1.82, 2.24) is 9.97 Å². The maximum atomic E-state index is 13.3. The minimum absolute atomic E-state index is 0.109. The Bertz CT molecular complexity index is 1090. The van der Waals surface area contributed by atoms with Gasteiger partial charge in [-0.15, -0.1) is 11.3 Å². The van der Waals surface area contributed by atoms with E-state index >= 15 is 0 Å². The van der Waals surface area contributed by atoms with Gasteiger partial charge in [0.15, 0.2) is 0 Å². The van der Waals surface area contributed by atoms with Crippen LogP contribution in [0.1, 0.15) is 47.9 Å². The van der Waals surface area contributed by atoms with Crippen molar-refractivity contribution < 1.29 is 27.5 Å². The van der Waals surface area contributed by atoms with Crippen molar-refractivity contribution in [3.05, 3.63) is 52.4 Å². The molecule has 0 spiro atoms. The molecule has 0 radical (unpaired) electrons. The normalized spacial score (nSPS) is 19.5. The average Bonchev–Trinajstić information content (AvgIpc) is 3.18. The number of aromatic nitrogens is 2. The van der Waals surface area contributed by atoms with Crippen LogP contribution < -0.4 is 5.32 Å². The summed E-state index contributed by atoms with van der Waals surface area (Å²) in [6.07, 6.45) is -2.38. The molecule has 31 heavy (non-hydrogen) atoms. The molecule has 0 atom stereocenters. The fraction of sp³-hybridized carbons (Fsp3) is 0.381. The largest absolute Gasteiger partial charge is 0.481 e. The number of thiophene rings is 1. The van der Waals surface area contributed by atoms with E-state index in [0.29, 0.717) is 42.8 Å². The Balaban J connectivity index is 1.65. The number of rotatable bonds is 5. The number of carboxylic acid groups (broad SMARTS) is 1. The van der Waals surface area contributed by atoms with Crippen molar-refractivity contribution in [2.24, 2.45) is 5.92 Å². The molecule has 0 unspecified atom stereocenters. The topological polar surface area (TPSA) is 75.1 Å². The lowest BCUT2D eigenvalue weighted by Gasteiger charge is -2.25. The molecule has 0 amide bonds. The highest BCUT2D eigenvalue weighted by molar-refractivity contribution is 7.18. The fourth-order valence-electron chi connectivity index (χ4n) is 3.78. The van der Waals surface area contributed by atoms with Gasteiger partial charge in [-0.25, -0.2) is 14.4 Å². The van der Waals surface area contributed by atoms with Crippen LogP contribution in [0.25, 0.3) is 10.2 Å². The number of alkyl halides is 3. The molecule has 0 bridgehead atoms. The SMILES string of the molecule is O=C(O)C1CCC(c2nc(NCc3ccc(F)cc3)c3cc(C(F)(F)F)sc3n2)CC1. The van der Waals surface area contributed by atoms with E-state index in [1.165, 1.54) is 12.1 Å². The van der Waals surface area contributed by atoms with Crippen molar-refractivity contribution in [3.8, 4) is 0 Å². The van der Waals surface area contributed by atoms with E-state index in [-0.39, 0.29) is 34.3 Å². The molecule has 1 saturated carbocycles. The van der Waals surface area contributed by atoms with Crippen LogP contribution in [0.3, 0.4) is 0 Å². The Morgan fingerprint density at radius 3 is 2.42 bits per heavy atom. The Morgan fingerprint density at radius 1 is 1.13 bits per heavy atom. The summed E-state index contributed by atoms with van der Waals surface area (Å²) in [6.45, 7) is 0.259. The third-order valence-electron chi connectivity index (χ3n) is 5.50. The quantitative estimate of drug-likeness (QED) is 0.476. The molecule has 5 nitrogen and oxygen atoms in total. The summed E-state index contributed by atoms with van der Waals surface area (Å²) in [5.41, 5.74) is 0.753. The van der Waals surface area contributed by atoms with Gasteiger partial charge in [0.1, 0.15) is 27.2 Å². The van der Waals surface area contributed by atoms with Gasteiger partial charge in [0.2, 0.25) is 0 Å². The van der Waals surface area contributed by atoms with Gasteiger partial charge < -0.3 is 10.4 Å². The molecular formula is C21H19F4N3O2S. The highest BCUT2D eigenvalue weighted by Crippen LogP contribution is 2.41. The number of aliphatic carboxylic acids is 1. The number of benzene rings is 1. The minimum atomic E-state index is -4.49. The Kier molecular flexibility index (Phi) is 5.83. The van der Waals surface area contributed by atoms with E-state index in [4.69, 9.17) is 0 Å². The number of fused-ring (bicyclic) bond motifs is 1. The number of carboxylic acids is 1. The highest BCUT2D eigenvalue weighted by atomic mass is 32.1. The van der Waals surface area contributed by atoms with Gasteiger partial charge >= 0.3 is 12.1 Å². The molecule has 1 aliphatic rings. The number of carbonyl (C=O) groups is 1. The fourth-order valence-corrected chi connectivity index (χ4v) is 4.69. The van der Waals surface area contributed by atoms with Crippen LogP contribution in [0.15, 0.2) is 30.3 Å². The molecule has 1 fully saturated rings. The van der Waals surface area contributed by atoms with E-state index in [0.717, 1.165) is 11.6 Å². The molecule has 2 N–H and O–H groups in total. The lowest BCUT2D eigenvalue weighted by molar-refractivity contribution is -0.143. The number of halogens is 4. The zero-order valence-electron chi connectivity index (χ0n) is 16.2. The van der Waals surface area contributed by atoms with Crippen LogP contribution in [0, 0.1) is 11.7 Å². The lowest BCUT2D eigenvalue weighted by atomic mass is 9.81. The van der Waals surface area contributed by atoms with E-state index in [2.05, 4.69) is 15.3 Å². The van der Waals surface area contributed by atoms with Crippen molar-refractivity contribution >= 4 is 33.3 Å². The van der Waals surface area contributed by atoms with Crippen LogP contribution in [-0.4, -0.2) is 21.0 Å². The van der Waals surface area contributed by atoms with Gasteiger partial charge in [0.05, 0.1) is 11.3 Å². The second-order valence-electron chi connectivity index (χ2n) is 7.62. The molecule has 0 saturated heterocycles. The van der Waals surface area contributed by atoms with Gasteiger partial charge in [-0.3, -0.25) is 4.79 Å². The molecule has 2 aromatic heterocycles. The maximum Gasteiger partial charge on any atom is 0.425 e. The summed E-state index contributed by atoms with van der Waals surface area (Å²) < 4.78 is 52.9. The maximum absolute atomic E-state index is 13.3. The average molecular weight is 453 g/mol. The Hall–Kier alpha value is -2.75. The lowest BCUT2D eigenvalue weighted by Crippen LogP contribution is -2.21. The molecule has 164 valence electrons. The van der Waals surface area contributed by atoms with Crippen LogP contribution in [0.2, 0.25) is 0 Å². The smallest absolute Gasteiger partial charge is 0.425 e. The summed E-state index contributed by atoms with van der Waals surface area (Å²) in [6, 6.07) is 6.84. The van der Waals surface area contributed by atoms with Crippen molar-refractivity contribution in [3.63, 3.8) is 0 Å². The second kappa shape index (κ2) is 8.41. The predicted molar refractivity (Wildman–Crippen MR) is 108 cm³/mol. The first-order chi connectivity index (χ1) is 14.7. The molecule has 1 aromatic carbocycles. The first-order valence-electron chi connectivity index (χ1n) is 9.80. The van der Waals surface area contributed by atoms with E-state index < -0.39 is 22.9 Å². The van der Waals surface area contributed by atoms with Gasteiger partial charge in [-0.2, -0.15) is 13.2 Å². The molecule has 3 aromatic rings. The van der Waals surface area contributed by atoms with Gasteiger partial charge in [0, 0.05) is 12.5 Å². The standard InChI is InChI=1S/C21H19F4N3O2S/c22-14-7-1-11(2-8-14)10-26-18-15-9-16(21(23,24)25)31-19(15)28-17(27-18)12-3-5-13(6-4-12)20(29)30/h1-2,7-9,12-13H,3-6,10H2,(H,29,30)(H,26,27,28). The molecule has 2 heterocycles. The Labute approximate surface area is 179 Å². The highest BCUT2D eigenvalue weighted by Gasteiger charge is 2.34. The van der Waals surface area contributed by atoms with Gasteiger partial charge in [-0.05, 0) is 49.4 Å². The number of hydrogen-bond donors (Lipinski definition) is 2. The van der Waals surface area contributed by atoms with E-state index in [1.54, 1.807) is 12.1 Å². The molecular weight excluding hydrogens is 434 g/mol. The van der Waals surface area contributed by atoms with Crippen LogP contribution in [0.4, 0.5) is 23.4 Å². The summed E-state index contributed by atoms with van der Waals surface area (Å²) >= 11 is 0.566. The van der Waals surface area contributed by atoms with Crippen LogP contribution in [0.5, 0.6) is 0 Å². The molecule has 0 aliphatic heterocycles. The monoisotopic (exact) mass is 453 g/mol. The van der Waals surface area contributed by atoms with Gasteiger partial charge in [-0.1, -0.05) is 12.1 Å². The summed E-state index contributed by atoms with van der Waals surface area (Å²) in [4.78, 5) is 19.6. The summed E-state index contributed by atoms with van der Waals surface area (Å²) in [5, 5.41) is 12.5. The summed E-state index contributed by atoms with van der Waals surface area (Å²) in [5.74, 6) is -1.01. The zero-order chi connectivity index (χ0) is 22.2. The van der Waals surface area contributed by atoms with Crippen molar-refractivity contribution in [2.45, 2.75) is 44.3 Å². The number of nitrogens with one attached hydrogen (secondary N) is 1. The third kappa shape index (κ3) is 4.79. The molecule has 10 heteroatoms. The third-order valence-corrected chi connectivity index (χ3v) is 6.58. The van der Waals surface area contributed by atoms with E-state index in [1.807, 2.05) is 0 Å². The van der Waals surface area contributed by atoms with Crippen LogP contribution >= 0.6 is 11.3 Å². The molecule has 4 rings (SSSR count). The number of hydrogen-bond acceptors (Lipinski definition) is 5. The second-order valence-corrected chi connectivity index (χ2v) is 8.66. The molecule has 1 aliphatic carbocycles. The zero-order valence-corrected chi connectivity index (χ0v) is 17.1.